The number of carbonyl (C=O) groups excluding carboxylic acids is 1. The van der Waals surface area contributed by atoms with Crippen LogP contribution in [0.3, 0.4) is 0 Å². The summed E-state index contributed by atoms with van der Waals surface area (Å²) < 4.78 is 5.53. The van der Waals surface area contributed by atoms with Crippen molar-refractivity contribution in [2.24, 2.45) is 0 Å². The topological polar surface area (TPSA) is 94.2 Å². The second kappa shape index (κ2) is 10.6. The van der Waals surface area contributed by atoms with Gasteiger partial charge in [-0.15, -0.1) is 0 Å². The zero-order valence-electron chi connectivity index (χ0n) is 20.0. The van der Waals surface area contributed by atoms with Gasteiger partial charge in [0, 0.05) is 31.3 Å². The van der Waals surface area contributed by atoms with Crippen LogP contribution in [-0.4, -0.2) is 47.0 Å². The molecule has 176 valence electrons. The van der Waals surface area contributed by atoms with Gasteiger partial charge in [-0.25, -0.2) is 15.0 Å². The van der Waals surface area contributed by atoms with Gasteiger partial charge in [-0.3, -0.25) is 4.79 Å². The van der Waals surface area contributed by atoms with Crippen LogP contribution in [0.4, 0.5) is 11.8 Å². The van der Waals surface area contributed by atoms with Crippen LogP contribution < -0.4 is 10.6 Å². The van der Waals surface area contributed by atoms with Crippen molar-refractivity contribution in [2.45, 2.75) is 33.6 Å². The maximum Gasteiger partial charge on any atom is 0.220 e. The van der Waals surface area contributed by atoms with Crippen LogP contribution in [0.15, 0.2) is 54.2 Å². The standard InChI is InChI=1S/C27H31N5O2/c1-18(2)14-23(33)9-6-20-4-7-21(8-5-20)22-15-25(24-17-29-27(28)30-19(24)3)31-26(16-22)32-10-12-34-13-11-32/h4-5,7-8,14-17H,6,9-13H2,1-3H3,(H2,28,29,30). The molecule has 0 saturated carbocycles. The Morgan fingerprint density at radius 1 is 1.09 bits per heavy atom. The van der Waals surface area contributed by atoms with Crippen molar-refractivity contribution in [3.8, 4) is 22.4 Å². The number of hydrogen-bond donors (Lipinski definition) is 1. The summed E-state index contributed by atoms with van der Waals surface area (Å²) in [5, 5.41) is 0. The molecule has 1 aliphatic rings. The number of anilines is 2. The lowest BCUT2D eigenvalue weighted by Crippen LogP contribution is -2.36. The normalized spacial score (nSPS) is 13.6. The van der Waals surface area contributed by atoms with Crippen LogP contribution in [0.5, 0.6) is 0 Å². The van der Waals surface area contributed by atoms with Gasteiger partial charge in [0.1, 0.15) is 5.82 Å². The molecule has 7 heteroatoms. The zero-order chi connectivity index (χ0) is 24.1. The maximum atomic E-state index is 12.0. The number of ether oxygens (including phenoxy) is 1. The number of rotatable bonds is 7. The van der Waals surface area contributed by atoms with E-state index in [-0.39, 0.29) is 11.7 Å². The van der Waals surface area contributed by atoms with E-state index in [0.717, 1.165) is 64.5 Å². The molecule has 3 aromatic rings. The molecule has 0 radical (unpaired) electrons. The lowest BCUT2D eigenvalue weighted by atomic mass is 9.99. The second-order valence-electron chi connectivity index (χ2n) is 8.81. The van der Waals surface area contributed by atoms with Gasteiger partial charge in [-0.2, -0.15) is 0 Å². The smallest absolute Gasteiger partial charge is 0.220 e. The summed E-state index contributed by atoms with van der Waals surface area (Å²) in [6.07, 6.45) is 4.69. The van der Waals surface area contributed by atoms with E-state index in [1.165, 1.54) is 0 Å². The van der Waals surface area contributed by atoms with E-state index in [4.69, 9.17) is 15.5 Å². The fourth-order valence-electron chi connectivity index (χ4n) is 4.04. The monoisotopic (exact) mass is 457 g/mol. The van der Waals surface area contributed by atoms with Crippen LogP contribution in [0.25, 0.3) is 22.4 Å². The van der Waals surface area contributed by atoms with Crippen molar-refractivity contribution in [2.75, 3.05) is 36.9 Å². The van der Waals surface area contributed by atoms with Crippen LogP contribution in [0.2, 0.25) is 0 Å². The summed E-state index contributed by atoms with van der Waals surface area (Å²) in [4.78, 5) is 27.7. The number of nitrogen functional groups attached to an aromatic ring is 1. The summed E-state index contributed by atoms with van der Waals surface area (Å²) in [6, 6.07) is 12.6. The molecule has 0 aliphatic carbocycles. The SMILES string of the molecule is CC(C)=CC(=O)CCc1ccc(-c2cc(-c3cnc(N)nc3C)nc(N3CCOCC3)c2)cc1. The van der Waals surface area contributed by atoms with Gasteiger partial charge in [0.15, 0.2) is 5.78 Å². The van der Waals surface area contributed by atoms with Crippen LogP contribution >= 0.6 is 0 Å². The number of aromatic nitrogens is 3. The Morgan fingerprint density at radius 2 is 1.82 bits per heavy atom. The number of nitrogens with zero attached hydrogens (tertiary/aromatic N) is 4. The van der Waals surface area contributed by atoms with E-state index < -0.39 is 0 Å². The van der Waals surface area contributed by atoms with Crippen molar-refractivity contribution in [3.05, 3.63) is 65.5 Å². The molecule has 1 saturated heterocycles. The van der Waals surface area contributed by atoms with Gasteiger partial charge < -0.3 is 15.4 Å². The highest BCUT2D eigenvalue weighted by Crippen LogP contribution is 2.31. The fraction of sp³-hybridized carbons (Fsp3) is 0.333. The Hall–Kier alpha value is -3.58. The Bertz CT molecular complexity index is 1190. The summed E-state index contributed by atoms with van der Waals surface area (Å²) >= 11 is 0. The van der Waals surface area contributed by atoms with Gasteiger partial charge in [0.25, 0.3) is 0 Å². The molecule has 0 atom stereocenters. The molecule has 1 aromatic carbocycles. The Morgan fingerprint density at radius 3 is 2.50 bits per heavy atom. The molecule has 7 nitrogen and oxygen atoms in total. The maximum absolute atomic E-state index is 12.0. The highest BCUT2D eigenvalue weighted by Gasteiger charge is 2.17. The van der Waals surface area contributed by atoms with E-state index in [9.17, 15) is 4.79 Å². The minimum absolute atomic E-state index is 0.166. The summed E-state index contributed by atoms with van der Waals surface area (Å²) in [5.41, 5.74) is 12.6. The molecule has 2 aromatic heterocycles. The summed E-state index contributed by atoms with van der Waals surface area (Å²) in [6.45, 7) is 8.77. The third-order valence-electron chi connectivity index (χ3n) is 5.82. The molecule has 1 fully saturated rings. The zero-order valence-corrected chi connectivity index (χ0v) is 20.0. The van der Waals surface area contributed by atoms with E-state index >= 15 is 0 Å². The van der Waals surface area contributed by atoms with E-state index in [1.807, 2.05) is 20.8 Å². The largest absolute Gasteiger partial charge is 0.378 e. The Balaban J connectivity index is 1.65. The molecule has 34 heavy (non-hydrogen) atoms. The van der Waals surface area contributed by atoms with Crippen molar-refractivity contribution in [1.29, 1.82) is 0 Å². The number of carbonyl (C=O) groups is 1. The lowest BCUT2D eigenvalue weighted by Gasteiger charge is -2.28. The predicted molar refractivity (Wildman–Crippen MR) is 136 cm³/mol. The molecular formula is C27H31N5O2. The van der Waals surface area contributed by atoms with Gasteiger partial charge in [0.05, 0.1) is 24.6 Å². The van der Waals surface area contributed by atoms with Crippen LogP contribution in [0, 0.1) is 6.92 Å². The van der Waals surface area contributed by atoms with Crippen molar-refractivity contribution < 1.29 is 9.53 Å². The first kappa shape index (κ1) is 23.6. The average Bonchev–Trinajstić information content (AvgIpc) is 2.83. The van der Waals surface area contributed by atoms with E-state index in [1.54, 1.807) is 12.3 Å². The highest BCUT2D eigenvalue weighted by atomic mass is 16.5. The van der Waals surface area contributed by atoms with Gasteiger partial charge >= 0.3 is 0 Å². The highest BCUT2D eigenvalue weighted by molar-refractivity contribution is 5.90. The summed E-state index contributed by atoms with van der Waals surface area (Å²) in [7, 11) is 0. The minimum atomic E-state index is 0.166. The number of ketones is 1. The van der Waals surface area contributed by atoms with Crippen molar-refractivity contribution in [1.82, 2.24) is 15.0 Å². The molecule has 2 N–H and O–H groups in total. The number of morpholine rings is 1. The number of hydrogen-bond acceptors (Lipinski definition) is 7. The number of allylic oxidation sites excluding steroid dienone is 2. The number of aryl methyl sites for hydroxylation is 2. The van der Waals surface area contributed by atoms with Gasteiger partial charge in [-0.05, 0) is 62.1 Å². The fourth-order valence-corrected chi connectivity index (χ4v) is 4.04. The molecule has 4 rings (SSSR count). The number of benzene rings is 1. The van der Waals surface area contributed by atoms with Crippen LogP contribution in [0.1, 0.15) is 31.5 Å². The first-order valence-electron chi connectivity index (χ1n) is 11.6. The third kappa shape index (κ3) is 5.85. The number of nitrogens with two attached hydrogens (primary N) is 1. The van der Waals surface area contributed by atoms with Crippen LogP contribution in [-0.2, 0) is 16.0 Å². The second-order valence-corrected chi connectivity index (χ2v) is 8.81. The average molecular weight is 458 g/mol. The summed E-state index contributed by atoms with van der Waals surface area (Å²) in [5.74, 6) is 1.33. The molecule has 0 unspecified atom stereocenters. The molecule has 0 amide bonds. The molecule has 3 heterocycles. The Kier molecular flexibility index (Phi) is 7.33. The predicted octanol–water partition coefficient (Wildman–Crippen LogP) is 4.40. The first-order valence-corrected chi connectivity index (χ1v) is 11.6. The Labute approximate surface area is 200 Å². The first-order chi connectivity index (χ1) is 16.4. The molecule has 0 spiro atoms. The van der Waals surface area contributed by atoms with E-state index in [0.29, 0.717) is 19.6 Å². The van der Waals surface area contributed by atoms with Crippen molar-refractivity contribution in [3.63, 3.8) is 0 Å². The van der Waals surface area contributed by atoms with Gasteiger partial charge in [-0.1, -0.05) is 29.8 Å². The lowest BCUT2D eigenvalue weighted by molar-refractivity contribution is -0.114. The molecule has 0 bridgehead atoms. The molecule has 1 aliphatic heterocycles. The van der Waals surface area contributed by atoms with E-state index in [2.05, 4.69) is 51.3 Å². The number of pyridine rings is 1. The minimum Gasteiger partial charge on any atom is -0.378 e. The van der Waals surface area contributed by atoms with Gasteiger partial charge in [0.2, 0.25) is 5.95 Å². The quantitative estimate of drug-likeness (QED) is 0.526. The molecular weight excluding hydrogens is 426 g/mol. The van der Waals surface area contributed by atoms with Crippen molar-refractivity contribution >= 4 is 17.5 Å². The third-order valence-corrected chi connectivity index (χ3v) is 5.82.